The van der Waals surface area contributed by atoms with E-state index in [9.17, 15) is 4.79 Å². The molecule has 1 saturated heterocycles. The summed E-state index contributed by atoms with van der Waals surface area (Å²) in [6.45, 7) is 4.18. The molecule has 7 nitrogen and oxygen atoms in total. The molecule has 1 aliphatic heterocycles. The minimum absolute atomic E-state index is 0.178. The van der Waals surface area contributed by atoms with Crippen molar-refractivity contribution < 1.29 is 4.79 Å². The minimum atomic E-state index is 0.178. The Balaban J connectivity index is 1.24. The average molecular weight is 346 g/mol. The Bertz CT molecular complexity index is 621. The SMILES string of the molecule is CN(Cc1nnc(C2CC2)n1C)[C@H]1CCN(CC(=O)NCC2CC2)C1. The number of likely N-dealkylation sites (N-methyl/N-ethyl adjacent to an activating group) is 1. The van der Waals surface area contributed by atoms with E-state index in [4.69, 9.17) is 0 Å². The summed E-state index contributed by atoms with van der Waals surface area (Å²) in [6, 6.07) is 0.484. The standard InChI is InChI=1S/C18H30N6O/c1-22(11-16-20-21-18(23(16)2)14-5-6-14)15-7-8-24(10-15)12-17(25)19-9-13-3-4-13/h13-15H,3-12H2,1-2H3,(H,19,25)/t15-/m0/s1. The van der Waals surface area contributed by atoms with Gasteiger partial charge in [0, 0.05) is 38.6 Å². The van der Waals surface area contributed by atoms with Crippen molar-refractivity contribution in [1.82, 2.24) is 29.9 Å². The number of hydrogen-bond donors (Lipinski definition) is 1. The summed E-state index contributed by atoms with van der Waals surface area (Å²) in [7, 11) is 4.24. The molecular weight excluding hydrogens is 316 g/mol. The number of hydrogen-bond acceptors (Lipinski definition) is 5. The van der Waals surface area contributed by atoms with Crippen LogP contribution in [0.3, 0.4) is 0 Å². The van der Waals surface area contributed by atoms with Crippen molar-refractivity contribution in [2.45, 2.75) is 50.6 Å². The molecule has 0 bridgehead atoms. The largest absolute Gasteiger partial charge is 0.355 e. The number of aromatic nitrogens is 3. The van der Waals surface area contributed by atoms with Crippen LogP contribution in [-0.4, -0.2) is 69.7 Å². The first-order valence-electron chi connectivity index (χ1n) is 9.67. The molecule has 1 aromatic heterocycles. The van der Waals surface area contributed by atoms with Crippen LogP contribution in [0.1, 0.15) is 49.7 Å². The molecular formula is C18H30N6O. The molecule has 7 heteroatoms. The number of nitrogens with zero attached hydrogens (tertiary/aromatic N) is 5. The molecule has 0 spiro atoms. The monoisotopic (exact) mass is 346 g/mol. The fourth-order valence-corrected chi connectivity index (χ4v) is 3.72. The van der Waals surface area contributed by atoms with Crippen LogP contribution in [-0.2, 0) is 18.4 Å². The van der Waals surface area contributed by atoms with Crippen LogP contribution in [0.2, 0.25) is 0 Å². The van der Waals surface area contributed by atoms with Crippen LogP contribution in [0, 0.1) is 5.92 Å². The van der Waals surface area contributed by atoms with Crippen molar-refractivity contribution >= 4 is 5.91 Å². The maximum absolute atomic E-state index is 12.0. The van der Waals surface area contributed by atoms with Gasteiger partial charge in [0.25, 0.3) is 0 Å². The predicted molar refractivity (Wildman–Crippen MR) is 95.0 cm³/mol. The van der Waals surface area contributed by atoms with Crippen LogP contribution < -0.4 is 5.32 Å². The number of nitrogens with one attached hydrogen (secondary N) is 1. The number of likely N-dealkylation sites (tertiary alicyclic amines) is 1. The predicted octanol–water partition coefficient (Wildman–Crippen LogP) is 0.725. The lowest BCUT2D eigenvalue weighted by Gasteiger charge is -2.24. The molecule has 1 aromatic rings. The average Bonchev–Trinajstić information content (AvgIpc) is 3.51. The highest BCUT2D eigenvalue weighted by atomic mass is 16.2. The van der Waals surface area contributed by atoms with Gasteiger partial charge in [-0.3, -0.25) is 14.6 Å². The quantitative estimate of drug-likeness (QED) is 0.751. The first-order valence-corrected chi connectivity index (χ1v) is 9.67. The van der Waals surface area contributed by atoms with E-state index in [-0.39, 0.29) is 5.91 Å². The normalized spacial score (nSPS) is 24.2. The van der Waals surface area contributed by atoms with Gasteiger partial charge in [-0.05, 0) is 45.1 Å². The van der Waals surface area contributed by atoms with E-state index in [1.807, 2.05) is 0 Å². The maximum Gasteiger partial charge on any atom is 0.234 e. The van der Waals surface area contributed by atoms with Gasteiger partial charge in [0.05, 0.1) is 13.1 Å². The lowest BCUT2D eigenvalue weighted by molar-refractivity contribution is -0.122. The summed E-state index contributed by atoms with van der Waals surface area (Å²) in [4.78, 5) is 16.7. The van der Waals surface area contributed by atoms with Crippen LogP contribution in [0.4, 0.5) is 0 Å². The van der Waals surface area contributed by atoms with Crippen LogP contribution in [0.5, 0.6) is 0 Å². The second-order valence-electron chi connectivity index (χ2n) is 8.15. The van der Waals surface area contributed by atoms with E-state index >= 15 is 0 Å². The van der Waals surface area contributed by atoms with Gasteiger partial charge in [-0.15, -0.1) is 10.2 Å². The van der Waals surface area contributed by atoms with Crippen molar-refractivity contribution in [2.24, 2.45) is 13.0 Å². The summed E-state index contributed by atoms with van der Waals surface area (Å²) in [5.41, 5.74) is 0. The number of amides is 1. The Morgan fingerprint density at radius 3 is 2.76 bits per heavy atom. The summed E-state index contributed by atoms with van der Waals surface area (Å²) in [5.74, 6) is 3.74. The van der Waals surface area contributed by atoms with Gasteiger partial charge < -0.3 is 9.88 Å². The molecule has 3 fully saturated rings. The molecule has 1 N–H and O–H groups in total. The topological polar surface area (TPSA) is 66.3 Å². The summed E-state index contributed by atoms with van der Waals surface area (Å²) < 4.78 is 2.17. The zero-order chi connectivity index (χ0) is 17.4. The Kier molecular flexibility index (Phi) is 4.78. The molecule has 138 valence electrons. The highest BCUT2D eigenvalue weighted by molar-refractivity contribution is 5.78. The van der Waals surface area contributed by atoms with Crippen LogP contribution >= 0.6 is 0 Å². The molecule has 1 atom stereocenters. The van der Waals surface area contributed by atoms with Crippen molar-refractivity contribution in [2.75, 3.05) is 33.2 Å². The zero-order valence-electron chi connectivity index (χ0n) is 15.4. The molecule has 25 heavy (non-hydrogen) atoms. The number of rotatable bonds is 8. The van der Waals surface area contributed by atoms with Crippen molar-refractivity contribution in [3.8, 4) is 0 Å². The summed E-state index contributed by atoms with van der Waals surface area (Å²) in [6.07, 6.45) is 6.17. The molecule has 2 heterocycles. The smallest absolute Gasteiger partial charge is 0.234 e. The van der Waals surface area contributed by atoms with E-state index in [1.54, 1.807) is 0 Å². The van der Waals surface area contributed by atoms with Crippen LogP contribution in [0.25, 0.3) is 0 Å². The number of carbonyl (C=O) groups excluding carboxylic acids is 1. The Morgan fingerprint density at radius 2 is 2.04 bits per heavy atom. The fraction of sp³-hybridized carbons (Fsp3) is 0.833. The van der Waals surface area contributed by atoms with Gasteiger partial charge in [-0.2, -0.15) is 0 Å². The molecule has 0 aromatic carbocycles. The van der Waals surface area contributed by atoms with Gasteiger partial charge in [-0.25, -0.2) is 0 Å². The first-order chi connectivity index (χ1) is 12.1. The molecule has 2 aliphatic carbocycles. The third-order valence-electron chi connectivity index (χ3n) is 5.85. The lowest BCUT2D eigenvalue weighted by atomic mass is 10.2. The Hall–Kier alpha value is -1.47. The number of carbonyl (C=O) groups is 1. The fourth-order valence-electron chi connectivity index (χ4n) is 3.72. The van der Waals surface area contributed by atoms with E-state index in [1.165, 1.54) is 25.7 Å². The van der Waals surface area contributed by atoms with Crippen molar-refractivity contribution in [3.63, 3.8) is 0 Å². The zero-order valence-corrected chi connectivity index (χ0v) is 15.4. The lowest BCUT2D eigenvalue weighted by Crippen LogP contribution is -2.39. The molecule has 0 unspecified atom stereocenters. The Labute approximate surface area is 149 Å². The Morgan fingerprint density at radius 1 is 1.24 bits per heavy atom. The van der Waals surface area contributed by atoms with Crippen molar-refractivity contribution in [1.29, 1.82) is 0 Å². The van der Waals surface area contributed by atoms with Crippen LogP contribution in [0.15, 0.2) is 0 Å². The van der Waals surface area contributed by atoms with Gasteiger partial charge in [-0.1, -0.05) is 0 Å². The van der Waals surface area contributed by atoms with Gasteiger partial charge in [0.2, 0.25) is 5.91 Å². The third kappa shape index (κ3) is 4.20. The van der Waals surface area contributed by atoms with E-state index in [0.717, 1.165) is 50.2 Å². The highest BCUT2D eigenvalue weighted by Crippen LogP contribution is 2.38. The third-order valence-corrected chi connectivity index (χ3v) is 5.85. The molecule has 3 aliphatic rings. The maximum atomic E-state index is 12.0. The molecule has 2 saturated carbocycles. The second-order valence-corrected chi connectivity index (χ2v) is 8.15. The minimum Gasteiger partial charge on any atom is -0.355 e. The van der Waals surface area contributed by atoms with Crippen molar-refractivity contribution in [3.05, 3.63) is 11.6 Å². The van der Waals surface area contributed by atoms with E-state index in [2.05, 4.69) is 44.0 Å². The molecule has 0 radical (unpaired) electrons. The van der Waals surface area contributed by atoms with E-state index < -0.39 is 0 Å². The summed E-state index contributed by atoms with van der Waals surface area (Å²) >= 11 is 0. The highest BCUT2D eigenvalue weighted by Gasteiger charge is 2.31. The molecule has 4 rings (SSSR count). The summed E-state index contributed by atoms with van der Waals surface area (Å²) in [5, 5.41) is 11.8. The van der Waals surface area contributed by atoms with E-state index in [0.29, 0.717) is 18.5 Å². The second kappa shape index (κ2) is 7.03. The van der Waals surface area contributed by atoms with Gasteiger partial charge >= 0.3 is 0 Å². The molecule has 1 amide bonds. The van der Waals surface area contributed by atoms with Gasteiger partial charge in [0.1, 0.15) is 11.6 Å². The van der Waals surface area contributed by atoms with Gasteiger partial charge in [0.15, 0.2) is 0 Å². The first kappa shape index (κ1) is 17.0.